The maximum Gasteiger partial charge on any atom is 0.128 e. The molecule has 0 saturated carbocycles. The molecule has 0 saturated heterocycles. The van der Waals surface area contributed by atoms with Crippen molar-refractivity contribution in [2.24, 2.45) is 0 Å². The summed E-state index contributed by atoms with van der Waals surface area (Å²) in [6.07, 6.45) is 4.25. The fourth-order valence-corrected chi connectivity index (χ4v) is 1.70. The van der Waals surface area contributed by atoms with Gasteiger partial charge in [0.05, 0.1) is 12.5 Å². The van der Waals surface area contributed by atoms with Gasteiger partial charge in [0, 0.05) is 17.7 Å². The summed E-state index contributed by atoms with van der Waals surface area (Å²) in [5.41, 5.74) is 2.44. The summed E-state index contributed by atoms with van der Waals surface area (Å²) < 4.78 is 18.8. The standard InChI is InChI=1S/C14H16FNO/c1-2-6-16-9-12-4-3-11(8-14(12)15)13-5-7-17-10-13/h3-5,7-8,10,16H,2,6,9H2,1H3. The Morgan fingerprint density at radius 2 is 2.12 bits per heavy atom. The zero-order valence-corrected chi connectivity index (χ0v) is 9.87. The van der Waals surface area contributed by atoms with Crippen molar-refractivity contribution < 1.29 is 8.81 Å². The van der Waals surface area contributed by atoms with E-state index < -0.39 is 0 Å². The van der Waals surface area contributed by atoms with E-state index in [1.165, 1.54) is 0 Å². The highest BCUT2D eigenvalue weighted by atomic mass is 19.1. The first kappa shape index (κ1) is 11.9. The molecule has 0 radical (unpaired) electrons. The van der Waals surface area contributed by atoms with Crippen molar-refractivity contribution in [3.63, 3.8) is 0 Å². The van der Waals surface area contributed by atoms with Crippen LogP contribution in [-0.2, 0) is 6.54 Å². The molecule has 2 aromatic rings. The monoisotopic (exact) mass is 233 g/mol. The Balaban J connectivity index is 2.12. The van der Waals surface area contributed by atoms with Gasteiger partial charge in [-0.1, -0.05) is 19.1 Å². The van der Waals surface area contributed by atoms with E-state index in [9.17, 15) is 4.39 Å². The van der Waals surface area contributed by atoms with Crippen LogP contribution in [0.15, 0.2) is 41.2 Å². The van der Waals surface area contributed by atoms with Gasteiger partial charge in [0.25, 0.3) is 0 Å². The van der Waals surface area contributed by atoms with Crippen LogP contribution in [0.25, 0.3) is 11.1 Å². The van der Waals surface area contributed by atoms with Crippen LogP contribution in [0.1, 0.15) is 18.9 Å². The van der Waals surface area contributed by atoms with E-state index in [4.69, 9.17) is 4.42 Å². The Morgan fingerprint density at radius 1 is 1.24 bits per heavy atom. The van der Waals surface area contributed by atoms with Crippen molar-refractivity contribution in [1.29, 1.82) is 0 Å². The van der Waals surface area contributed by atoms with Gasteiger partial charge >= 0.3 is 0 Å². The number of furan rings is 1. The van der Waals surface area contributed by atoms with Crippen molar-refractivity contribution in [2.75, 3.05) is 6.54 Å². The van der Waals surface area contributed by atoms with E-state index >= 15 is 0 Å². The molecule has 2 nitrogen and oxygen atoms in total. The quantitative estimate of drug-likeness (QED) is 0.798. The molecule has 3 heteroatoms. The second-order valence-electron chi connectivity index (χ2n) is 3.99. The molecular formula is C14H16FNO. The van der Waals surface area contributed by atoms with Gasteiger partial charge < -0.3 is 9.73 Å². The molecule has 0 aliphatic heterocycles. The lowest BCUT2D eigenvalue weighted by atomic mass is 10.1. The molecule has 2 rings (SSSR count). The third-order valence-electron chi connectivity index (χ3n) is 2.65. The summed E-state index contributed by atoms with van der Waals surface area (Å²) >= 11 is 0. The van der Waals surface area contributed by atoms with E-state index in [0.717, 1.165) is 24.1 Å². The first-order chi connectivity index (χ1) is 8.31. The van der Waals surface area contributed by atoms with Crippen LogP contribution in [0.5, 0.6) is 0 Å². The second-order valence-corrected chi connectivity index (χ2v) is 3.99. The van der Waals surface area contributed by atoms with Crippen molar-refractivity contribution in [3.8, 4) is 11.1 Å². The van der Waals surface area contributed by atoms with Gasteiger partial charge in [0.1, 0.15) is 5.82 Å². The van der Waals surface area contributed by atoms with Gasteiger partial charge in [-0.15, -0.1) is 0 Å². The molecule has 0 aliphatic rings. The van der Waals surface area contributed by atoms with E-state index in [0.29, 0.717) is 12.1 Å². The largest absolute Gasteiger partial charge is 0.472 e. The molecule has 0 bridgehead atoms. The number of rotatable bonds is 5. The molecule has 0 unspecified atom stereocenters. The maximum absolute atomic E-state index is 13.8. The lowest BCUT2D eigenvalue weighted by Crippen LogP contribution is -2.14. The molecule has 0 spiro atoms. The minimum atomic E-state index is -0.174. The van der Waals surface area contributed by atoms with Crippen LogP contribution < -0.4 is 5.32 Å². The molecule has 0 amide bonds. The summed E-state index contributed by atoms with van der Waals surface area (Å²) in [7, 11) is 0. The molecule has 0 fully saturated rings. The molecule has 0 atom stereocenters. The van der Waals surface area contributed by atoms with Crippen LogP contribution in [-0.4, -0.2) is 6.54 Å². The lowest BCUT2D eigenvalue weighted by Gasteiger charge is -2.06. The number of halogens is 1. The van der Waals surface area contributed by atoms with Gasteiger partial charge in [-0.25, -0.2) is 4.39 Å². The topological polar surface area (TPSA) is 25.2 Å². The first-order valence-electron chi connectivity index (χ1n) is 5.83. The Kier molecular flexibility index (Phi) is 3.94. The van der Waals surface area contributed by atoms with Gasteiger partial charge in [-0.3, -0.25) is 0 Å². The van der Waals surface area contributed by atoms with Crippen LogP contribution in [0.4, 0.5) is 4.39 Å². The first-order valence-corrected chi connectivity index (χ1v) is 5.83. The summed E-state index contributed by atoms with van der Waals surface area (Å²) in [4.78, 5) is 0. The summed E-state index contributed by atoms with van der Waals surface area (Å²) in [6.45, 7) is 3.57. The Bertz CT molecular complexity index is 465. The third kappa shape index (κ3) is 2.94. The predicted molar refractivity (Wildman–Crippen MR) is 66.1 cm³/mol. The van der Waals surface area contributed by atoms with Crippen LogP contribution in [0, 0.1) is 5.82 Å². The Hall–Kier alpha value is -1.61. The minimum Gasteiger partial charge on any atom is -0.472 e. The van der Waals surface area contributed by atoms with Crippen LogP contribution >= 0.6 is 0 Å². The summed E-state index contributed by atoms with van der Waals surface area (Å²) in [5.74, 6) is -0.174. The van der Waals surface area contributed by atoms with E-state index in [-0.39, 0.29) is 5.82 Å². The van der Waals surface area contributed by atoms with E-state index in [1.807, 2.05) is 18.2 Å². The number of hydrogen-bond acceptors (Lipinski definition) is 2. The molecule has 1 N–H and O–H groups in total. The van der Waals surface area contributed by atoms with Crippen molar-refractivity contribution in [2.45, 2.75) is 19.9 Å². The average Bonchev–Trinajstić information content (AvgIpc) is 2.85. The SMILES string of the molecule is CCCNCc1ccc(-c2ccoc2)cc1F. The summed E-state index contributed by atoms with van der Waals surface area (Å²) in [5, 5.41) is 3.19. The maximum atomic E-state index is 13.8. The second kappa shape index (κ2) is 5.64. The molecule has 1 aromatic heterocycles. The normalized spacial score (nSPS) is 10.7. The highest BCUT2D eigenvalue weighted by Gasteiger charge is 2.05. The number of nitrogens with one attached hydrogen (secondary N) is 1. The van der Waals surface area contributed by atoms with E-state index in [1.54, 1.807) is 18.6 Å². The molecule has 1 aromatic carbocycles. The molecule has 17 heavy (non-hydrogen) atoms. The van der Waals surface area contributed by atoms with E-state index in [2.05, 4.69) is 12.2 Å². The number of hydrogen-bond donors (Lipinski definition) is 1. The minimum absolute atomic E-state index is 0.174. The Morgan fingerprint density at radius 3 is 2.76 bits per heavy atom. The fourth-order valence-electron chi connectivity index (χ4n) is 1.70. The smallest absolute Gasteiger partial charge is 0.128 e. The van der Waals surface area contributed by atoms with Crippen molar-refractivity contribution in [3.05, 3.63) is 48.2 Å². The summed E-state index contributed by atoms with van der Waals surface area (Å²) in [6, 6.07) is 7.11. The molecule has 90 valence electrons. The number of benzene rings is 1. The lowest BCUT2D eigenvalue weighted by molar-refractivity contribution is 0.568. The zero-order chi connectivity index (χ0) is 12.1. The van der Waals surface area contributed by atoms with Gasteiger partial charge in [0.15, 0.2) is 0 Å². The fraction of sp³-hybridized carbons (Fsp3) is 0.286. The molecule has 0 aliphatic carbocycles. The third-order valence-corrected chi connectivity index (χ3v) is 2.65. The molecule has 1 heterocycles. The van der Waals surface area contributed by atoms with Gasteiger partial charge in [-0.05, 0) is 30.7 Å². The predicted octanol–water partition coefficient (Wildman–Crippen LogP) is 3.59. The van der Waals surface area contributed by atoms with Crippen LogP contribution in [0.2, 0.25) is 0 Å². The van der Waals surface area contributed by atoms with Crippen LogP contribution in [0.3, 0.4) is 0 Å². The highest BCUT2D eigenvalue weighted by Crippen LogP contribution is 2.22. The van der Waals surface area contributed by atoms with Gasteiger partial charge in [-0.2, -0.15) is 0 Å². The van der Waals surface area contributed by atoms with Crippen molar-refractivity contribution in [1.82, 2.24) is 5.32 Å². The zero-order valence-electron chi connectivity index (χ0n) is 9.87. The molecular weight excluding hydrogens is 217 g/mol. The van der Waals surface area contributed by atoms with Gasteiger partial charge in [0.2, 0.25) is 0 Å². The average molecular weight is 233 g/mol. The highest BCUT2D eigenvalue weighted by molar-refractivity contribution is 5.62. The Labute approximate surface area is 100 Å². The van der Waals surface area contributed by atoms with Crippen molar-refractivity contribution >= 4 is 0 Å².